The summed E-state index contributed by atoms with van der Waals surface area (Å²) in [5.74, 6) is 0.595. The smallest absolute Gasteiger partial charge is 0.381 e. The number of nitrogens with zero attached hydrogens (tertiary/aromatic N) is 3. The lowest BCUT2D eigenvalue weighted by molar-refractivity contribution is -0.0494. The Labute approximate surface area is 170 Å². The number of ether oxygens (including phenoxy) is 1. The van der Waals surface area contributed by atoms with Gasteiger partial charge in [-0.25, -0.2) is 8.42 Å². The Kier molecular flexibility index (Phi) is 8.16. The number of halogens is 3. The molecule has 2 aliphatic rings. The molecule has 0 saturated carbocycles. The molecule has 2 heterocycles. The zero-order valence-electron chi connectivity index (χ0n) is 17.3. The SMILES string of the molecule is CCNC(=NCC1(N(C)C)CCOCC1)NC1CCN(S(=O)(=O)C(F)(F)F)CC1. The third kappa shape index (κ3) is 5.96. The monoisotopic (exact) mass is 443 g/mol. The summed E-state index contributed by atoms with van der Waals surface area (Å²) < 4.78 is 67.2. The minimum Gasteiger partial charge on any atom is -0.381 e. The molecule has 2 rings (SSSR count). The van der Waals surface area contributed by atoms with Gasteiger partial charge in [-0.3, -0.25) is 4.99 Å². The Morgan fingerprint density at radius 2 is 1.83 bits per heavy atom. The summed E-state index contributed by atoms with van der Waals surface area (Å²) in [6, 6.07) is -0.141. The average molecular weight is 444 g/mol. The summed E-state index contributed by atoms with van der Waals surface area (Å²) in [7, 11) is -1.21. The van der Waals surface area contributed by atoms with Gasteiger partial charge in [0.05, 0.1) is 6.54 Å². The fourth-order valence-corrected chi connectivity index (χ4v) is 4.61. The molecule has 0 radical (unpaired) electrons. The maximum atomic E-state index is 12.7. The van der Waals surface area contributed by atoms with E-state index in [1.54, 1.807) is 0 Å². The topological polar surface area (TPSA) is 86.3 Å². The van der Waals surface area contributed by atoms with Crippen molar-refractivity contribution in [1.82, 2.24) is 19.8 Å². The van der Waals surface area contributed by atoms with Crippen LogP contribution in [0.4, 0.5) is 13.2 Å². The molecule has 0 unspecified atom stereocenters. The summed E-state index contributed by atoms with van der Waals surface area (Å²) in [5.41, 5.74) is -5.35. The zero-order valence-corrected chi connectivity index (χ0v) is 18.1. The van der Waals surface area contributed by atoms with Crippen molar-refractivity contribution >= 4 is 16.0 Å². The van der Waals surface area contributed by atoms with E-state index in [0.717, 1.165) is 12.8 Å². The quantitative estimate of drug-likeness (QED) is 0.470. The van der Waals surface area contributed by atoms with Gasteiger partial charge >= 0.3 is 15.5 Å². The first kappa shape index (κ1) is 24.2. The number of likely N-dealkylation sites (N-methyl/N-ethyl adjacent to an activating group) is 1. The van der Waals surface area contributed by atoms with Crippen molar-refractivity contribution in [3.8, 4) is 0 Å². The minimum atomic E-state index is -5.26. The minimum absolute atomic E-state index is 0.0925. The highest BCUT2D eigenvalue weighted by molar-refractivity contribution is 7.90. The van der Waals surface area contributed by atoms with Crippen LogP contribution < -0.4 is 10.6 Å². The molecule has 170 valence electrons. The van der Waals surface area contributed by atoms with Gasteiger partial charge in [0.1, 0.15) is 0 Å². The predicted octanol–water partition coefficient (Wildman–Crippen LogP) is 0.966. The third-order valence-electron chi connectivity index (χ3n) is 5.68. The van der Waals surface area contributed by atoms with E-state index in [-0.39, 0.29) is 37.5 Å². The number of sulfonamides is 1. The first-order valence-corrected chi connectivity index (χ1v) is 11.3. The molecule has 0 aromatic carbocycles. The van der Waals surface area contributed by atoms with Crippen LogP contribution in [-0.4, -0.2) is 94.2 Å². The van der Waals surface area contributed by atoms with E-state index in [1.807, 2.05) is 21.0 Å². The van der Waals surface area contributed by atoms with Crippen molar-refractivity contribution in [2.24, 2.45) is 4.99 Å². The normalized spacial score (nSPS) is 22.7. The van der Waals surface area contributed by atoms with E-state index in [4.69, 9.17) is 9.73 Å². The Hall–Kier alpha value is -1.11. The van der Waals surface area contributed by atoms with Crippen molar-refractivity contribution in [2.75, 3.05) is 53.5 Å². The maximum absolute atomic E-state index is 12.7. The Balaban J connectivity index is 1.98. The van der Waals surface area contributed by atoms with Crippen LogP contribution >= 0.6 is 0 Å². The first-order valence-electron chi connectivity index (χ1n) is 9.88. The van der Waals surface area contributed by atoms with Crippen LogP contribution in [0.2, 0.25) is 0 Å². The second-order valence-electron chi connectivity index (χ2n) is 7.69. The van der Waals surface area contributed by atoms with Crippen LogP contribution in [0.5, 0.6) is 0 Å². The van der Waals surface area contributed by atoms with Crippen LogP contribution in [0.1, 0.15) is 32.6 Å². The fraction of sp³-hybridized carbons (Fsp3) is 0.941. The van der Waals surface area contributed by atoms with E-state index in [0.29, 0.717) is 36.6 Å². The van der Waals surface area contributed by atoms with Crippen molar-refractivity contribution in [3.05, 3.63) is 0 Å². The zero-order chi connectivity index (χ0) is 21.7. The Morgan fingerprint density at radius 3 is 2.31 bits per heavy atom. The molecule has 0 aromatic rings. The standard InChI is InChI=1S/C17H32F3N5O3S/c1-4-21-15(22-13-16(24(2)3)7-11-28-12-8-16)23-14-5-9-25(10-6-14)29(26,27)17(18,19)20/h14H,4-13H2,1-3H3,(H2,21,22,23). The molecule has 29 heavy (non-hydrogen) atoms. The molecule has 0 amide bonds. The second-order valence-corrected chi connectivity index (χ2v) is 9.62. The number of hydrogen-bond donors (Lipinski definition) is 2. The number of piperidine rings is 1. The lowest BCUT2D eigenvalue weighted by Crippen LogP contribution is -2.53. The number of nitrogens with one attached hydrogen (secondary N) is 2. The van der Waals surface area contributed by atoms with Crippen LogP contribution in [0.3, 0.4) is 0 Å². The molecule has 8 nitrogen and oxygen atoms in total. The second kappa shape index (κ2) is 9.80. The van der Waals surface area contributed by atoms with Gasteiger partial charge in [0.15, 0.2) is 5.96 Å². The van der Waals surface area contributed by atoms with Gasteiger partial charge in [0, 0.05) is 44.4 Å². The van der Waals surface area contributed by atoms with E-state index in [1.165, 1.54) is 0 Å². The number of rotatable bonds is 6. The first-order chi connectivity index (χ1) is 13.5. The number of alkyl halides is 3. The summed E-state index contributed by atoms with van der Waals surface area (Å²) in [6.45, 7) is 4.18. The molecule has 0 aliphatic carbocycles. The summed E-state index contributed by atoms with van der Waals surface area (Å²) in [4.78, 5) is 6.89. The molecule has 2 fully saturated rings. The Morgan fingerprint density at radius 1 is 1.24 bits per heavy atom. The predicted molar refractivity (Wildman–Crippen MR) is 105 cm³/mol. The van der Waals surface area contributed by atoms with E-state index < -0.39 is 15.5 Å². The average Bonchev–Trinajstić information content (AvgIpc) is 2.66. The molecule has 12 heteroatoms. The van der Waals surface area contributed by atoms with E-state index in [2.05, 4.69) is 15.5 Å². The van der Waals surface area contributed by atoms with Gasteiger partial charge in [-0.2, -0.15) is 17.5 Å². The van der Waals surface area contributed by atoms with Crippen LogP contribution in [0.25, 0.3) is 0 Å². The number of aliphatic imine (C=N–C) groups is 1. The van der Waals surface area contributed by atoms with Gasteiger partial charge in [-0.05, 0) is 46.7 Å². The highest BCUT2D eigenvalue weighted by Crippen LogP contribution is 2.29. The molecule has 0 aromatic heterocycles. The van der Waals surface area contributed by atoms with Crippen molar-refractivity contribution in [2.45, 2.75) is 49.7 Å². The van der Waals surface area contributed by atoms with Gasteiger partial charge < -0.3 is 20.3 Å². The summed E-state index contributed by atoms with van der Waals surface area (Å²) in [5, 5.41) is 6.42. The Bertz CT molecular complexity index is 656. The van der Waals surface area contributed by atoms with E-state index in [9.17, 15) is 21.6 Å². The molecule has 0 atom stereocenters. The van der Waals surface area contributed by atoms with Gasteiger partial charge in [0.2, 0.25) is 0 Å². The van der Waals surface area contributed by atoms with E-state index >= 15 is 0 Å². The summed E-state index contributed by atoms with van der Waals surface area (Å²) in [6.07, 6.45) is 2.31. The van der Waals surface area contributed by atoms with Crippen molar-refractivity contribution in [3.63, 3.8) is 0 Å². The largest absolute Gasteiger partial charge is 0.511 e. The number of hydrogen-bond acceptors (Lipinski definition) is 5. The van der Waals surface area contributed by atoms with Crippen molar-refractivity contribution < 1.29 is 26.3 Å². The van der Waals surface area contributed by atoms with Crippen molar-refractivity contribution in [1.29, 1.82) is 0 Å². The molecule has 0 bridgehead atoms. The molecule has 2 N–H and O–H groups in total. The van der Waals surface area contributed by atoms with Crippen LogP contribution in [0.15, 0.2) is 4.99 Å². The molecule has 2 saturated heterocycles. The fourth-order valence-electron chi connectivity index (χ4n) is 3.62. The molecule has 2 aliphatic heterocycles. The molecular weight excluding hydrogens is 411 g/mol. The lowest BCUT2D eigenvalue weighted by Gasteiger charge is -2.42. The van der Waals surface area contributed by atoms with Gasteiger partial charge in [-0.15, -0.1) is 0 Å². The molecule has 0 spiro atoms. The lowest BCUT2D eigenvalue weighted by atomic mass is 9.89. The van der Waals surface area contributed by atoms with Gasteiger partial charge in [-0.1, -0.05) is 0 Å². The number of guanidine groups is 1. The highest BCUT2D eigenvalue weighted by Gasteiger charge is 2.50. The maximum Gasteiger partial charge on any atom is 0.511 e. The summed E-state index contributed by atoms with van der Waals surface area (Å²) >= 11 is 0. The van der Waals surface area contributed by atoms with Crippen LogP contribution in [0, 0.1) is 0 Å². The third-order valence-corrected chi connectivity index (χ3v) is 7.31. The van der Waals surface area contributed by atoms with Crippen LogP contribution in [-0.2, 0) is 14.8 Å². The highest BCUT2D eigenvalue weighted by atomic mass is 32.2. The molecular formula is C17H32F3N5O3S. The van der Waals surface area contributed by atoms with Gasteiger partial charge in [0.25, 0.3) is 0 Å².